The average molecular weight is 450 g/mol. The van der Waals surface area contributed by atoms with Gasteiger partial charge in [-0.3, -0.25) is 10.2 Å². The molecule has 1 aromatic heterocycles. The van der Waals surface area contributed by atoms with Gasteiger partial charge in [-0.05, 0) is 31.0 Å². The van der Waals surface area contributed by atoms with Gasteiger partial charge in [-0.1, -0.05) is 17.7 Å². The highest BCUT2D eigenvalue weighted by atomic mass is 35.5. The van der Waals surface area contributed by atoms with Gasteiger partial charge in [0.25, 0.3) is 0 Å². The minimum atomic E-state index is -0.465. The molecule has 0 unspecified atom stereocenters. The predicted molar refractivity (Wildman–Crippen MR) is 120 cm³/mol. The van der Waals surface area contributed by atoms with E-state index >= 15 is 0 Å². The Balaban J connectivity index is 1.51. The summed E-state index contributed by atoms with van der Waals surface area (Å²) in [5, 5.41) is 10.1. The molecule has 3 amide bonds. The summed E-state index contributed by atoms with van der Waals surface area (Å²) >= 11 is 6.33. The Kier molecular flexibility index (Phi) is 8.69. The molecule has 1 aliphatic rings. The van der Waals surface area contributed by atoms with Crippen molar-refractivity contribution in [1.82, 2.24) is 20.5 Å². The number of alkyl carbamates (subject to hydrolysis) is 1. The van der Waals surface area contributed by atoms with Crippen LogP contribution in [0.4, 0.5) is 15.4 Å². The lowest BCUT2D eigenvalue weighted by Crippen LogP contribution is -2.37. The number of nitrogens with one attached hydrogen (secondary N) is 3. The molecule has 3 rings (SSSR count). The molecule has 0 aliphatic carbocycles. The molecule has 2 aromatic rings. The molecule has 2 heterocycles. The smallest absolute Gasteiger partial charge is 0.407 e. The number of carbonyl (C=O) groups is 2. The quantitative estimate of drug-likeness (QED) is 0.535. The molecule has 0 radical (unpaired) electrons. The van der Waals surface area contributed by atoms with E-state index in [1.807, 2.05) is 13.0 Å². The highest BCUT2D eigenvalue weighted by Crippen LogP contribution is 2.28. The molecule has 1 saturated heterocycles. The Morgan fingerprint density at radius 1 is 1.23 bits per heavy atom. The lowest BCUT2D eigenvalue weighted by atomic mass is 10.1. The van der Waals surface area contributed by atoms with E-state index in [9.17, 15) is 9.59 Å². The third-order valence-corrected chi connectivity index (χ3v) is 5.23. The van der Waals surface area contributed by atoms with Crippen LogP contribution in [0.5, 0.6) is 0 Å². The van der Waals surface area contributed by atoms with Crippen LogP contribution in [0.2, 0.25) is 5.02 Å². The standard InChI is InChI=1S/C21H28ClN5O4/c1-2-23-20(28)26-19-12-16-17(14-24-19)15(4-5-18(16)22)13-25-21(29)31-9-3-6-27-7-10-30-11-8-27/h4-5,12,14H,2-3,6-11,13H2,1H3,(H,25,29)(H2,23,24,26,28). The summed E-state index contributed by atoms with van der Waals surface area (Å²) in [6.07, 6.45) is 1.95. The lowest BCUT2D eigenvalue weighted by molar-refractivity contribution is 0.0345. The van der Waals surface area contributed by atoms with Gasteiger partial charge in [0.1, 0.15) is 5.82 Å². The Bertz CT molecular complexity index is 905. The van der Waals surface area contributed by atoms with Crippen LogP contribution < -0.4 is 16.0 Å². The maximum Gasteiger partial charge on any atom is 0.407 e. The number of hydrogen-bond acceptors (Lipinski definition) is 6. The predicted octanol–water partition coefficient (Wildman–Crippen LogP) is 2.98. The van der Waals surface area contributed by atoms with Crippen molar-refractivity contribution < 1.29 is 19.1 Å². The number of pyridine rings is 1. The van der Waals surface area contributed by atoms with E-state index in [0.717, 1.165) is 55.6 Å². The SMILES string of the molecule is CCNC(=O)Nc1cc2c(Cl)ccc(CNC(=O)OCCCN3CCOCC3)c2cn1. The van der Waals surface area contributed by atoms with Crippen LogP contribution in [0.1, 0.15) is 18.9 Å². The number of ether oxygens (including phenoxy) is 2. The highest BCUT2D eigenvalue weighted by Gasteiger charge is 2.12. The third-order valence-electron chi connectivity index (χ3n) is 4.90. The molecule has 0 saturated carbocycles. The first-order valence-electron chi connectivity index (χ1n) is 10.4. The van der Waals surface area contributed by atoms with Crippen LogP contribution in [-0.4, -0.2) is 68.0 Å². The number of urea groups is 1. The number of morpholine rings is 1. The fourth-order valence-corrected chi connectivity index (χ4v) is 3.52. The Morgan fingerprint density at radius 3 is 2.81 bits per heavy atom. The van der Waals surface area contributed by atoms with Gasteiger partial charge in [0.15, 0.2) is 0 Å². The lowest BCUT2D eigenvalue weighted by Gasteiger charge is -2.26. The van der Waals surface area contributed by atoms with Crippen LogP contribution in [0.3, 0.4) is 0 Å². The van der Waals surface area contributed by atoms with E-state index in [1.165, 1.54) is 0 Å². The van der Waals surface area contributed by atoms with Crippen molar-refractivity contribution in [1.29, 1.82) is 0 Å². The molecule has 31 heavy (non-hydrogen) atoms. The summed E-state index contributed by atoms with van der Waals surface area (Å²) < 4.78 is 10.6. The molecule has 1 aromatic carbocycles. The normalized spacial score (nSPS) is 14.3. The number of rotatable bonds is 8. The second-order valence-corrected chi connectivity index (χ2v) is 7.51. The van der Waals surface area contributed by atoms with Crippen LogP contribution in [0.15, 0.2) is 24.4 Å². The average Bonchev–Trinajstić information content (AvgIpc) is 2.77. The maximum absolute atomic E-state index is 12.0. The van der Waals surface area contributed by atoms with Crippen molar-refractivity contribution in [3.8, 4) is 0 Å². The summed E-state index contributed by atoms with van der Waals surface area (Å²) in [5.74, 6) is 0.394. The van der Waals surface area contributed by atoms with Crippen molar-refractivity contribution in [3.63, 3.8) is 0 Å². The van der Waals surface area contributed by atoms with Crippen LogP contribution >= 0.6 is 11.6 Å². The second-order valence-electron chi connectivity index (χ2n) is 7.10. The Labute approximate surface area is 186 Å². The van der Waals surface area contributed by atoms with E-state index < -0.39 is 6.09 Å². The van der Waals surface area contributed by atoms with Gasteiger partial charge in [-0.2, -0.15) is 0 Å². The molecule has 168 valence electrons. The summed E-state index contributed by atoms with van der Waals surface area (Å²) in [6, 6.07) is 4.96. The van der Waals surface area contributed by atoms with E-state index in [2.05, 4.69) is 25.8 Å². The number of halogens is 1. The first kappa shape index (κ1) is 23.1. The largest absolute Gasteiger partial charge is 0.450 e. The fraction of sp³-hybridized carbons (Fsp3) is 0.476. The zero-order valence-corrected chi connectivity index (χ0v) is 18.3. The summed E-state index contributed by atoms with van der Waals surface area (Å²) in [5.41, 5.74) is 0.849. The van der Waals surface area contributed by atoms with Gasteiger partial charge in [-0.25, -0.2) is 14.6 Å². The topological polar surface area (TPSA) is 105 Å². The molecular weight excluding hydrogens is 422 g/mol. The van der Waals surface area contributed by atoms with Crippen molar-refractivity contribution in [3.05, 3.63) is 35.0 Å². The van der Waals surface area contributed by atoms with E-state index in [1.54, 1.807) is 18.3 Å². The number of benzene rings is 1. The molecular formula is C21H28ClN5O4. The second kappa shape index (κ2) is 11.7. The number of amides is 3. The zero-order chi connectivity index (χ0) is 22.1. The van der Waals surface area contributed by atoms with Crippen molar-refractivity contribution in [2.75, 3.05) is 51.3 Å². The van der Waals surface area contributed by atoms with Crippen molar-refractivity contribution in [2.45, 2.75) is 19.9 Å². The number of aromatic nitrogens is 1. The van der Waals surface area contributed by atoms with E-state index in [-0.39, 0.29) is 12.6 Å². The van der Waals surface area contributed by atoms with Gasteiger partial charge in [0.05, 0.1) is 19.8 Å². The summed E-state index contributed by atoms with van der Waals surface area (Å²) in [6.45, 7) is 7.23. The molecule has 3 N–H and O–H groups in total. The maximum atomic E-state index is 12.0. The first-order chi connectivity index (χ1) is 15.1. The summed E-state index contributed by atoms with van der Waals surface area (Å²) in [4.78, 5) is 30.3. The molecule has 0 atom stereocenters. The molecule has 0 bridgehead atoms. The van der Waals surface area contributed by atoms with Gasteiger partial charge in [-0.15, -0.1) is 0 Å². The van der Waals surface area contributed by atoms with Gasteiger partial charge in [0.2, 0.25) is 0 Å². The molecule has 10 heteroatoms. The molecule has 1 fully saturated rings. The monoisotopic (exact) mass is 449 g/mol. The Hall–Kier alpha value is -2.62. The number of anilines is 1. The van der Waals surface area contributed by atoms with Gasteiger partial charge >= 0.3 is 12.1 Å². The minimum absolute atomic E-state index is 0.279. The highest BCUT2D eigenvalue weighted by molar-refractivity contribution is 6.35. The molecule has 9 nitrogen and oxygen atoms in total. The zero-order valence-electron chi connectivity index (χ0n) is 17.6. The molecule has 1 aliphatic heterocycles. The van der Waals surface area contributed by atoms with E-state index in [0.29, 0.717) is 24.0 Å². The Morgan fingerprint density at radius 2 is 2.03 bits per heavy atom. The number of nitrogens with zero attached hydrogens (tertiary/aromatic N) is 2. The first-order valence-corrected chi connectivity index (χ1v) is 10.8. The van der Waals surface area contributed by atoms with Crippen molar-refractivity contribution >= 4 is 40.3 Å². The van der Waals surface area contributed by atoms with E-state index in [4.69, 9.17) is 21.1 Å². The molecule has 0 spiro atoms. The van der Waals surface area contributed by atoms with Gasteiger partial charge in [0, 0.05) is 54.7 Å². The number of fused-ring (bicyclic) bond motifs is 1. The van der Waals surface area contributed by atoms with Crippen LogP contribution in [-0.2, 0) is 16.0 Å². The summed E-state index contributed by atoms with van der Waals surface area (Å²) in [7, 11) is 0. The van der Waals surface area contributed by atoms with Crippen molar-refractivity contribution in [2.24, 2.45) is 0 Å². The number of hydrogen-bond donors (Lipinski definition) is 3. The van der Waals surface area contributed by atoms with Crippen LogP contribution in [0.25, 0.3) is 10.8 Å². The third kappa shape index (κ3) is 6.95. The number of carbonyl (C=O) groups excluding carboxylic acids is 2. The van der Waals surface area contributed by atoms with Crippen LogP contribution in [0, 0.1) is 0 Å². The minimum Gasteiger partial charge on any atom is -0.450 e. The fourth-order valence-electron chi connectivity index (χ4n) is 3.30. The van der Waals surface area contributed by atoms with Gasteiger partial charge < -0.3 is 20.1 Å².